The standard InChI is InChI=1S/C25H19N3O5S2/c1-32-17-8-7-14-11-18-23(33-19(14)12-17)27-22(20-6-3-9-34-20)28-24(18)35-13-21(29)26-16-5-2-4-15(10-16)25(30)31/h2-10,12H,11,13H2,1H3,(H,26,29)(H,30,31). The summed E-state index contributed by atoms with van der Waals surface area (Å²) in [5.41, 5.74) is 2.32. The molecule has 0 spiro atoms. The lowest BCUT2D eigenvalue weighted by Crippen LogP contribution is -2.15. The SMILES string of the molecule is COc1ccc2c(c1)Oc1nc(-c3cccs3)nc(SCC(=O)Nc3cccc(C(=O)O)c3)c1C2. The number of thioether (sulfide) groups is 1. The second-order valence-corrected chi connectivity index (χ2v) is 9.50. The monoisotopic (exact) mass is 505 g/mol. The molecule has 8 nitrogen and oxygen atoms in total. The van der Waals surface area contributed by atoms with E-state index in [0.717, 1.165) is 16.0 Å². The molecule has 0 atom stereocenters. The van der Waals surface area contributed by atoms with E-state index in [-0.39, 0.29) is 17.2 Å². The number of anilines is 1. The molecule has 0 radical (unpaired) electrons. The summed E-state index contributed by atoms with van der Waals surface area (Å²) in [5, 5.41) is 14.5. The number of fused-ring (bicyclic) bond motifs is 2. The molecule has 3 heterocycles. The number of carboxylic acid groups (broad SMARTS) is 1. The zero-order valence-corrected chi connectivity index (χ0v) is 20.1. The summed E-state index contributed by atoms with van der Waals surface area (Å²) >= 11 is 2.81. The van der Waals surface area contributed by atoms with Gasteiger partial charge in [-0.2, -0.15) is 4.98 Å². The van der Waals surface area contributed by atoms with Crippen molar-refractivity contribution >= 4 is 40.7 Å². The second kappa shape index (κ2) is 9.77. The van der Waals surface area contributed by atoms with Crippen molar-refractivity contribution in [3.63, 3.8) is 0 Å². The fourth-order valence-electron chi connectivity index (χ4n) is 3.57. The van der Waals surface area contributed by atoms with Crippen molar-refractivity contribution in [3.8, 4) is 28.1 Å². The van der Waals surface area contributed by atoms with E-state index in [9.17, 15) is 9.59 Å². The molecule has 4 aromatic rings. The topological polar surface area (TPSA) is 111 Å². The van der Waals surface area contributed by atoms with Crippen LogP contribution in [0.3, 0.4) is 0 Å². The van der Waals surface area contributed by atoms with Crippen molar-refractivity contribution in [1.29, 1.82) is 0 Å². The maximum Gasteiger partial charge on any atom is 0.335 e. The van der Waals surface area contributed by atoms with Gasteiger partial charge in [-0.3, -0.25) is 4.79 Å². The number of thiophene rings is 1. The quantitative estimate of drug-likeness (QED) is 0.225. The zero-order chi connectivity index (χ0) is 24.4. The predicted molar refractivity (Wildman–Crippen MR) is 134 cm³/mol. The highest BCUT2D eigenvalue weighted by Crippen LogP contribution is 2.42. The molecule has 176 valence electrons. The summed E-state index contributed by atoms with van der Waals surface area (Å²) in [6.45, 7) is 0. The van der Waals surface area contributed by atoms with Crippen LogP contribution >= 0.6 is 23.1 Å². The Bertz CT molecular complexity index is 1420. The summed E-state index contributed by atoms with van der Waals surface area (Å²) in [4.78, 5) is 34.1. The summed E-state index contributed by atoms with van der Waals surface area (Å²) < 4.78 is 11.5. The van der Waals surface area contributed by atoms with Crippen molar-refractivity contribution in [2.75, 3.05) is 18.2 Å². The van der Waals surface area contributed by atoms with Crippen LogP contribution in [0.5, 0.6) is 17.4 Å². The lowest BCUT2D eigenvalue weighted by atomic mass is 10.0. The van der Waals surface area contributed by atoms with Gasteiger partial charge >= 0.3 is 5.97 Å². The number of benzene rings is 2. The minimum Gasteiger partial charge on any atom is -0.497 e. The summed E-state index contributed by atoms with van der Waals surface area (Å²) in [6, 6.07) is 15.6. The molecule has 5 rings (SSSR count). The fourth-order valence-corrected chi connectivity index (χ4v) is 5.06. The first kappa shape index (κ1) is 22.9. The molecule has 35 heavy (non-hydrogen) atoms. The highest BCUT2D eigenvalue weighted by molar-refractivity contribution is 8.00. The van der Waals surface area contributed by atoms with Crippen molar-refractivity contribution in [1.82, 2.24) is 9.97 Å². The van der Waals surface area contributed by atoms with Crippen LogP contribution in [0.4, 0.5) is 5.69 Å². The third-order valence-electron chi connectivity index (χ3n) is 5.25. The van der Waals surface area contributed by atoms with E-state index in [1.807, 2.05) is 35.7 Å². The van der Waals surface area contributed by atoms with Crippen molar-refractivity contribution in [2.24, 2.45) is 0 Å². The van der Waals surface area contributed by atoms with Crippen LogP contribution in [-0.4, -0.2) is 39.8 Å². The van der Waals surface area contributed by atoms with Crippen LogP contribution in [0, 0.1) is 0 Å². The van der Waals surface area contributed by atoms with Gasteiger partial charge in [-0.1, -0.05) is 30.0 Å². The Morgan fingerprint density at radius 1 is 1.17 bits per heavy atom. The summed E-state index contributed by atoms with van der Waals surface area (Å²) in [7, 11) is 1.60. The molecule has 2 N–H and O–H groups in total. The van der Waals surface area contributed by atoms with Crippen LogP contribution in [0.2, 0.25) is 0 Å². The van der Waals surface area contributed by atoms with E-state index in [4.69, 9.17) is 19.6 Å². The molecule has 2 aromatic carbocycles. The third kappa shape index (κ3) is 4.98. The number of carbonyl (C=O) groups is 2. The van der Waals surface area contributed by atoms with Gasteiger partial charge in [-0.25, -0.2) is 9.78 Å². The van der Waals surface area contributed by atoms with Gasteiger partial charge in [0.1, 0.15) is 16.5 Å². The molecule has 0 saturated carbocycles. The molecule has 1 aliphatic heterocycles. The Kier molecular flexibility index (Phi) is 6.39. The van der Waals surface area contributed by atoms with E-state index in [2.05, 4.69) is 10.3 Å². The van der Waals surface area contributed by atoms with Crippen LogP contribution in [0.1, 0.15) is 21.5 Å². The number of ether oxygens (including phenoxy) is 2. The van der Waals surface area contributed by atoms with Crippen LogP contribution in [0.25, 0.3) is 10.7 Å². The second-order valence-electron chi connectivity index (χ2n) is 7.59. The number of nitrogens with zero attached hydrogens (tertiary/aromatic N) is 2. The largest absolute Gasteiger partial charge is 0.497 e. The number of carbonyl (C=O) groups excluding carboxylic acids is 1. The van der Waals surface area contributed by atoms with Crippen molar-refractivity contribution < 1.29 is 24.2 Å². The number of amides is 1. The first-order chi connectivity index (χ1) is 17.0. The van der Waals surface area contributed by atoms with Gasteiger partial charge in [0.15, 0.2) is 5.82 Å². The highest BCUT2D eigenvalue weighted by atomic mass is 32.2. The highest BCUT2D eigenvalue weighted by Gasteiger charge is 2.25. The maximum atomic E-state index is 12.7. The Labute approximate surface area is 209 Å². The Morgan fingerprint density at radius 2 is 2.06 bits per heavy atom. The average Bonchev–Trinajstić information content (AvgIpc) is 3.41. The molecule has 0 unspecified atom stereocenters. The van der Waals surface area contributed by atoms with Gasteiger partial charge in [-0.15, -0.1) is 11.3 Å². The van der Waals surface area contributed by atoms with Crippen molar-refractivity contribution in [2.45, 2.75) is 11.4 Å². The summed E-state index contributed by atoms with van der Waals surface area (Å²) in [5.74, 6) is 1.12. The van der Waals surface area contributed by atoms with Gasteiger partial charge in [0.2, 0.25) is 11.8 Å². The molecule has 1 amide bonds. The molecule has 0 bridgehead atoms. The van der Waals surface area contributed by atoms with E-state index in [0.29, 0.717) is 40.3 Å². The average molecular weight is 506 g/mol. The number of aromatic nitrogens is 2. The number of aromatic carboxylic acids is 1. The molecule has 2 aromatic heterocycles. The Hall–Kier alpha value is -3.89. The third-order valence-corrected chi connectivity index (χ3v) is 7.14. The number of hydrogen-bond acceptors (Lipinski definition) is 8. The summed E-state index contributed by atoms with van der Waals surface area (Å²) in [6.07, 6.45) is 0.560. The van der Waals surface area contributed by atoms with Gasteiger partial charge in [-0.05, 0) is 41.3 Å². The van der Waals surface area contributed by atoms with E-state index < -0.39 is 5.97 Å². The minimum atomic E-state index is -1.05. The van der Waals surface area contributed by atoms with Crippen LogP contribution in [0.15, 0.2) is 65.0 Å². The number of rotatable bonds is 7. The van der Waals surface area contributed by atoms with Crippen LogP contribution in [-0.2, 0) is 11.2 Å². The predicted octanol–water partition coefficient (Wildman–Crippen LogP) is 5.34. The van der Waals surface area contributed by atoms with Crippen LogP contribution < -0.4 is 14.8 Å². The number of carboxylic acids is 1. The number of nitrogens with one attached hydrogen (secondary N) is 1. The zero-order valence-electron chi connectivity index (χ0n) is 18.5. The number of methoxy groups -OCH3 is 1. The van der Waals surface area contributed by atoms with E-state index in [1.165, 1.54) is 35.2 Å². The minimum absolute atomic E-state index is 0.0834. The first-order valence-corrected chi connectivity index (χ1v) is 12.4. The fraction of sp³-hybridized carbons (Fsp3) is 0.120. The van der Waals surface area contributed by atoms with E-state index in [1.54, 1.807) is 19.2 Å². The molecule has 0 aliphatic carbocycles. The molecule has 1 aliphatic rings. The molecular weight excluding hydrogens is 486 g/mol. The molecular formula is C25H19N3O5S2. The molecule has 0 saturated heterocycles. The normalized spacial score (nSPS) is 11.7. The first-order valence-electron chi connectivity index (χ1n) is 10.6. The smallest absolute Gasteiger partial charge is 0.335 e. The van der Waals surface area contributed by atoms with E-state index >= 15 is 0 Å². The Balaban J connectivity index is 1.40. The van der Waals surface area contributed by atoms with Gasteiger partial charge in [0.25, 0.3) is 0 Å². The van der Waals surface area contributed by atoms with Gasteiger partial charge < -0.3 is 19.9 Å². The molecule has 0 fully saturated rings. The van der Waals surface area contributed by atoms with Crippen molar-refractivity contribution in [3.05, 3.63) is 76.7 Å². The molecule has 10 heteroatoms. The van der Waals surface area contributed by atoms with Gasteiger partial charge in [0, 0.05) is 18.2 Å². The van der Waals surface area contributed by atoms with Gasteiger partial charge in [0.05, 0.1) is 28.9 Å². The lowest BCUT2D eigenvalue weighted by molar-refractivity contribution is -0.113. The maximum absolute atomic E-state index is 12.7. The lowest BCUT2D eigenvalue weighted by Gasteiger charge is -2.22. The number of hydrogen-bond donors (Lipinski definition) is 2. The Morgan fingerprint density at radius 3 is 2.83 bits per heavy atom.